The monoisotopic (exact) mass is 579 g/mol. The molecule has 0 atom stereocenters. The molecule has 1 aliphatic heterocycles. The summed E-state index contributed by atoms with van der Waals surface area (Å²) in [6.45, 7) is 7.48. The van der Waals surface area contributed by atoms with Crippen LogP contribution in [0.5, 0.6) is 0 Å². The molecule has 0 unspecified atom stereocenters. The number of pyridine rings is 1. The van der Waals surface area contributed by atoms with Crippen molar-refractivity contribution >= 4 is 49.8 Å². The molecule has 1 saturated heterocycles. The van der Waals surface area contributed by atoms with Crippen molar-refractivity contribution in [3.8, 4) is 17.4 Å². The molecule has 4 aromatic rings. The average molecular weight is 581 g/mol. The van der Waals surface area contributed by atoms with Crippen molar-refractivity contribution in [1.82, 2.24) is 14.8 Å². The number of aryl methyl sites for hydroxylation is 1. The minimum Gasteiger partial charge on any atom is -0.460 e. The third-order valence-electron chi connectivity index (χ3n) is 6.70. The quantitative estimate of drug-likeness (QED) is 0.279. The van der Waals surface area contributed by atoms with E-state index in [0.29, 0.717) is 16.3 Å². The zero-order valence-corrected chi connectivity index (χ0v) is 22.8. The summed E-state index contributed by atoms with van der Waals surface area (Å²) in [5.74, 6) is 1.70. The van der Waals surface area contributed by atoms with E-state index in [4.69, 9.17) is 21.1 Å². The lowest BCUT2D eigenvalue weighted by molar-refractivity contribution is 0.104. The molecule has 1 fully saturated rings. The maximum Gasteiger partial charge on any atom is 0.134 e. The van der Waals surface area contributed by atoms with Crippen molar-refractivity contribution in [1.29, 1.82) is 5.26 Å². The second kappa shape index (κ2) is 11.2. The molecule has 0 bridgehead atoms. The largest absolute Gasteiger partial charge is 0.460 e. The molecular formula is C28H27BrClN5O2. The Hall–Kier alpha value is -2.93. The van der Waals surface area contributed by atoms with Gasteiger partial charge in [-0.15, -0.1) is 0 Å². The third-order valence-corrected chi connectivity index (χ3v) is 7.45. The molecule has 0 spiro atoms. The molecule has 0 amide bonds. The number of rotatable bonds is 7. The van der Waals surface area contributed by atoms with Crippen molar-refractivity contribution < 1.29 is 9.52 Å². The van der Waals surface area contributed by atoms with Crippen molar-refractivity contribution in [2.75, 3.05) is 44.6 Å². The number of piperazine rings is 1. The van der Waals surface area contributed by atoms with Gasteiger partial charge < -0.3 is 14.8 Å². The first kappa shape index (κ1) is 25.7. The summed E-state index contributed by atoms with van der Waals surface area (Å²) in [5, 5.41) is 23.7. The van der Waals surface area contributed by atoms with Crippen LogP contribution in [0, 0.1) is 18.3 Å². The number of aliphatic hydroxyl groups is 1. The van der Waals surface area contributed by atoms with Gasteiger partial charge in [-0.3, -0.25) is 14.8 Å². The standard InChI is InChI=1S/C28H27BrClN5O2/c1-18-12-21(29)14-24(30)27(18)33-28-20(15-31)16-32-25-13-19(2-4-23(25)28)26-5-3-22(37-26)17-35-8-6-34(7-9-35)10-11-36/h2-5,12-14,16,36H,6-11,17H2,1H3,(H,32,33). The van der Waals surface area contributed by atoms with Crippen LogP contribution in [0.25, 0.3) is 22.2 Å². The topological polar surface area (TPSA) is 88.6 Å². The fourth-order valence-corrected chi connectivity index (χ4v) is 5.72. The Kier molecular flexibility index (Phi) is 7.79. The summed E-state index contributed by atoms with van der Waals surface area (Å²) in [5.41, 5.74) is 4.51. The normalized spacial score (nSPS) is 14.7. The summed E-state index contributed by atoms with van der Waals surface area (Å²) in [7, 11) is 0. The van der Waals surface area contributed by atoms with Crippen LogP contribution >= 0.6 is 27.5 Å². The smallest absolute Gasteiger partial charge is 0.134 e. The molecule has 190 valence electrons. The van der Waals surface area contributed by atoms with Gasteiger partial charge in [0.25, 0.3) is 0 Å². The Morgan fingerprint density at radius 1 is 1.11 bits per heavy atom. The highest BCUT2D eigenvalue weighted by atomic mass is 79.9. The summed E-state index contributed by atoms with van der Waals surface area (Å²) in [6.07, 6.45) is 1.58. The van der Waals surface area contributed by atoms with Crippen LogP contribution in [0.3, 0.4) is 0 Å². The minimum atomic E-state index is 0.204. The van der Waals surface area contributed by atoms with E-state index in [2.05, 4.69) is 42.1 Å². The highest BCUT2D eigenvalue weighted by molar-refractivity contribution is 9.10. The van der Waals surface area contributed by atoms with E-state index >= 15 is 0 Å². The van der Waals surface area contributed by atoms with Crippen molar-refractivity contribution in [3.05, 3.63) is 75.0 Å². The number of aliphatic hydroxyl groups excluding tert-OH is 1. The summed E-state index contributed by atoms with van der Waals surface area (Å²) in [4.78, 5) is 9.19. The molecule has 2 N–H and O–H groups in total. The van der Waals surface area contributed by atoms with Crippen LogP contribution in [0.2, 0.25) is 5.02 Å². The van der Waals surface area contributed by atoms with Crippen LogP contribution in [0.4, 0.5) is 11.4 Å². The van der Waals surface area contributed by atoms with Crippen molar-refractivity contribution in [3.63, 3.8) is 0 Å². The maximum absolute atomic E-state index is 9.75. The molecule has 3 heterocycles. The van der Waals surface area contributed by atoms with Gasteiger partial charge in [0.05, 0.1) is 40.6 Å². The highest BCUT2D eigenvalue weighted by Gasteiger charge is 2.18. The van der Waals surface area contributed by atoms with Gasteiger partial charge >= 0.3 is 0 Å². The molecule has 0 saturated carbocycles. The second-order valence-corrected chi connectivity index (χ2v) is 10.5. The Labute approximate surface area is 229 Å². The van der Waals surface area contributed by atoms with E-state index < -0.39 is 0 Å². The summed E-state index contributed by atoms with van der Waals surface area (Å²) >= 11 is 9.98. The van der Waals surface area contributed by atoms with Crippen molar-refractivity contribution in [2.45, 2.75) is 13.5 Å². The SMILES string of the molecule is Cc1cc(Br)cc(Cl)c1Nc1c(C#N)cnc2cc(-c3ccc(CN4CCN(CCO)CC4)o3)ccc12. The Morgan fingerprint density at radius 2 is 1.89 bits per heavy atom. The number of β-amino-alcohol motifs (C(OH)–C–C–N with tert-alkyl or cyclic N) is 1. The van der Waals surface area contributed by atoms with Gasteiger partial charge in [0, 0.05) is 54.3 Å². The zero-order valence-electron chi connectivity index (χ0n) is 20.5. The van der Waals surface area contributed by atoms with E-state index in [1.165, 1.54) is 0 Å². The third kappa shape index (κ3) is 5.66. The Balaban J connectivity index is 1.39. The number of benzene rings is 2. The van der Waals surface area contributed by atoms with Crippen LogP contribution < -0.4 is 5.32 Å². The minimum absolute atomic E-state index is 0.204. The van der Waals surface area contributed by atoms with E-state index in [0.717, 1.165) is 83.0 Å². The molecule has 2 aromatic heterocycles. The lowest BCUT2D eigenvalue weighted by Crippen LogP contribution is -2.46. The number of furan rings is 1. The number of nitrogens with zero attached hydrogens (tertiary/aromatic N) is 4. The number of anilines is 2. The van der Waals surface area contributed by atoms with Gasteiger partial charge in [-0.25, -0.2) is 0 Å². The predicted molar refractivity (Wildman–Crippen MR) is 150 cm³/mol. The van der Waals surface area contributed by atoms with E-state index in [1.807, 2.05) is 49.4 Å². The lowest BCUT2D eigenvalue weighted by atomic mass is 10.1. The van der Waals surface area contributed by atoms with Crippen LogP contribution in [0.1, 0.15) is 16.9 Å². The van der Waals surface area contributed by atoms with Gasteiger partial charge in [-0.05, 0) is 48.9 Å². The maximum atomic E-state index is 9.75. The molecule has 7 nitrogen and oxygen atoms in total. The number of fused-ring (bicyclic) bond motifs is 1. The predicted octanol–water partition coefficient (Wildman–Crippen LogP) is 5.94. The highest BCUT2D eigenvalue weighted by Crippen LogP contribution is 2.37. The first-order chi connectivity index (χ1) is 17.9. The molecule has 9 heteroatoms. The Morgan fingerprint density at radius 3 is 2.62 bits per heavy atom. The van der Waals surface area contributed by atoms with Crippen LogP contribution in [-0.4, -0.2) is 59.2 Å². The number of halogens is 2. The fourth-order valence-electron chi connectivity index (χ4n) is 4.70. The van der Waals surface area contributed by atoms with Gasteiger partial charge in [-0.2, -0.15) is 5.26 Å². The molecular weight excluding hydrogens is 554 g/mol. The fraction of sp³-hybridized carbons (Fsp3) is 0.286. The summed E-state index contributed by atoms with van der Waals surface area (Å²) < 4.78 is 7.09. The number of nitrogens with one attached hydrogen (secondary N) is 1. The zero-order chi connectivity index (χ0) is 25.9. The van der Waals surface area contributed by atoms with Gasteiger partial charge in [0.2, 0.25) is 0 Å². The van der Waals surface area contributed by atoms with E-state index in [1.54, 1.807) is 6.20 Å². The lowest BCUT2D eigenvalue weighted by Gasteiger charge is -2.33. The molecule has 1 aliphatic rings. The second-order valence-electron chi connectivity index (χ2n) is 9.20. The summed E-state index contributed by atoms with van der Waals surface area (Å²) in [6, 6.07) is 16.0. The first-order valence-corrected chi connectivity index (χ1v) is 13.3. The van der Waals surface area contributed by atoms with Crippen LogP contribution in [-0.2, 0) is 6.54 Å². The molecule has 0 radical (unpaired) electrons. The average Bonchev–Trinajstić information content (AvgIpc) is 3.35. The molecule has 2 aromatic carbocycles. The van der Waals surface area contributed by atoms with E-state index in [-0.39, 0.29) is 6.61 Å². The number of aromatic nitrogens is 1. The number of nitriles is 1. The first-order valence-electron chi connectivity index (χ1n) is 12.2. The molecule has 37 heavy (non-hydrogen) atoms. The van der Waals surface area contributed by atoms with E-state index in [9.17, 15) is 5.26 Å². The Bertz CT molecular complexity index is 1450. The molecule has 0 aliphatic carbocycles. The number of hydrogen-bond acceptors (Lipinski definition) is 7. The number of hydrogen-bond donors (Lipinski definition) is 2. The van der Waals surface area contributed by atoms with Gasteiger partial charge in [0.1, 0.15) is 17.6 Å². The van der Waals surface area contributed by atoms with Gasteiger partial charge in [0.15, 0.2) is 0 Å². The van der Waals surface area contributed by atoms with Crippen LogP contribution in [0.15, 0.2) is 57.6 Å². The van der Waals surface area contributed by atoms with Gasteiger partial charge in [-0.1, -0.05) is 33.6 Å². The molecule has 5 rings (SSSR count). The van der Waals surface area contributed by atoms with Crippen molar-refractivity contribution in [2.24, 2.45) is 0 Å².